The van der Waals surface area contributed by atoms with E-state index in [-0.39, 0.29) is 16.7 Å². The number of ether oxygens (including phenoxy) is 1. The summed E-state index contributed by atoms with van der Waals surface area (Å²) in [7, 11) is 0. The van der Waals surface area contributed by atoms with Gasteiger partial charge in [-0.25, -0.2) is 4.98 Å². The molecule has 0 bridgehead atoms. The Morgan fingerprint density at radius 2 is 1.43 bits per heavy atom. The third-order valence-electron chi connectivity index (χ3n) is 8.78. The molecular weight excluding hydrogens is 603 g/mol. The van der Waals surface area contributed by atoms with Crippen LogP contribution in [0.4, 0.5) is 0 Å². The molecule has 6 heteroatoms. The van der Waals surface area contributed by atoms with E-state index in [4.69, 9.17) is 12.5 Å². The average molecular weight is 650 g/mol. The summed E-state index contributed by atoms with van der Waals surface area (Å²) in [5.74, 6) is 2.46. The van der Waals surface area contributed by atoms with E-state index in [0.717, 1.165) is 27.5 Å². The van der Waals surface area contributed by atoms with Gasteiger partial charge >= 0.3 is 0 Å². The van der Waals surface area contributed by atoms with E-state index in [9.17, 15) is 0 Å². The number of pyridine rings is 2. The number of hydrogen-bond donors (Lipinski definition) is 0. The van der Waals surface area contributed by atoms with Crippen LogP contribution in [-0.4, -0.2) is 19.1 Å². The monoisotopic (exact) mass is 649 g/mol. The first-order valence-electron chi connectivity index (χ1n) is 17.9. The second-order valence-electron chi connectivity index (χ2n) is 15.1. The first kappa shape index (κ1) is 29.9. The topological polar surface area (TPSA) is 48.8 Å². The van der Waals surface area contributed by atoms with Gasteiger partial charge in [-0.2, -0.15) is 0 Å². The molecule has 0 aliphatic rings. The third-order valence-corrected chi connectivity index (χ3v) is 8.78. The molecule has 4 aromatic heterocycles. The molecule has 4 heterocycles. The molecule has 0 saturated heterocycles. The Kier molecular flexibility index (Phi) is 7.52. The van der Waals surface area contributed by atoms with Crippen molar-refractivity contribution in [3.05, 3.63) is 133 Å². The average Bonchev–Trinajstić information content (AvgIpc) is 3.71. The highest BCUT2D eigenvalue weighted by Crippen LogP contribution is 2.35. The molecule has 0 amide bonds. The zero-order chi connectivity index (χ0) is 36.3. The second-order valence-corrected chi connectivity index (χ2v) is 15.1. The Morgan fingerprint density at radius 1 is 0.755 bits per heavy atom. The molecule has 0 aliphatic heterocycles. The molecule has 0 unspecified atom stereocenters. The predicted octanol–water partition coefficient (Wildman–Crippen LogP) is 10.0. The molecule has 3 aromatic carbocycles. The van der Waals surface area contributed by atoms with Gasteiger partial charge in [0, 0.05) is 50.4 Å². The fourth-order valence-corrected chi connectivity index (χ4v) is 6.16. The Hall–Kier alpha value is -5.23. The lowest BCUT2D eigenvalue weighted by molar-refractivity contribution is -0.599. The Labute approximate surface area is 292 Å². The lowest BCUT2D eigenvalue weighted by atomic mass is 9.80. The van der Waals surface area contributed by atoms with Crippen LogP contribution >= 0.6 is 0 Å². The van der Waals surface area contributed by atoms with Gasteiger partial charge in [0.25, 0.3) is 6.33 Å². The van der Waals surface area contributed by atoms with Crippen LogP contribution in [0.5, 0.6) is 11.5 Å². The maximum Gasteiger partial charge on any atom is 0.270 e. The first-order valence-corrected chi connectivity index (χ1v) is 16.9. The molecular formula is C43H45N5O. The number of nitrogens with zero attached hydrogens (tertiary/aromatic N) is 5. The number of aromatic nitrogens is 5. The molecule has 0 fully saturated rings. The van der Waals surface area contributed by atoms with Crippen molar-refractivity contribution >= 4 is 21.8 Å². The SMILES string of the molecule is [2H]C([2H])(c1ccnc(-n2c3ccccc3c3ccc(Oc4ccnc(-n5[c-][n+](-c6cc(C(C)(C)C)cc(C(C)(C)C)c6)cc5)c4)cc32)c1)C(C)C. The maximum atomic E-state index is 8.71. The minimum atomic E-state index is -1.49. The number of fused-ring (bicyclic) bond motifs is 3. The van der Waals surface area contributed by atoms with Gasteiger partial charge in [-0.3, -0.25) is 18.7 Å². The molecule has 7 aromatic rings. The summed E-state index contributed by atoms with van der Waals surface area (Å²) in [6.07, 6.45) is 9.37. The van der Waals surface area contributed by atoms with Crippen molar-refractivity contribution in [3.63, 3.8) is 0 Å². The highest BCUT2D eigenvalue weighted by atomic mass is 16.5. The van der Waals surface area contributed by atoms with Crippen LogP contribution in [0.1, 0.15) is 74.8 Å². The number of imidazole rings is 1. The lowest BCUT2D eigenvalue weighted by Crippen LogP contribution is -2.30. The van der Waals surface area contributed by atoms with Gasteiger partial charge in [-0.15, -0.1) is 0 Å². The number of rotatable bonds is 7. The summed E-state index contributed by atoms with van der Waals surface area (Å²) in [6.45, 7) is 17.3. The quantitative estimate of drug-likeness (QED) is 0.128. The fourth-order valence-electron chi connectivity index (χ4n) is 6.16. The summed E-state index contributed by atoms with van der Waals surface area (Å²) in [5.41, 5.74) is 6.15. The van der Waals surface area contributed by atoms with Crippen LogP contribution in [0.25, 0.3) is 39.1 Å². The zero-order valence-corrected chi connectivity index (χ0v) is 29.6. The van der Waals surface area contributed by atoms with Crippen LogP contribution in [-0.2, 0) is 17.2 Å². The van der Waals surface area contributed by atoms with Gasteiger partial charge in [0.05, 0.1) is 16.7 Å². The van der Waals surface area contributed by atoms with Gasteiger partial charge in [0.1, 0.15) is 17.3 Å². The highest BCUT2D eigenvalue weighted by molar-refractivity contribution is 6.09. The normalized spacial score (nSPS) is 13.2. The van der Waals surface area contributed by atoms with E-state index < -0.39 is 6.37 Å². The molecule has 6 nitrogen and oxygen atoms in total. The van der Waals surface area contributed by atoms with E-state index in [1.54, 1.807) is 18.5 Å². The second kappa shape index (κ2) is 12.3. The van der Waals surface area contributed by atoms with Crippen LogP contribution < -0.4 is 9.30 Å². The molecule has 0 N–H and O–H groups in total. The Bertz CT molecular complexity index is 2360. The highest BCUT2D eigenvalue weighted by Gasteiger charge is 2.21. The van der Waals surface area contributed by atoms with Gasteiger partial charge in [0.2, 0.25) is 0 Å². The van der Waals surface area contributed by atoms with Crippen molar-refractivity contribution in [2.45, 2.75) is 72.6 Å². The van der Waals surface area contributed by atoms with E-state index in [1.165, 1.54) is 11.1 Å². The summed E-state index contributed by atoms with van der Waals surface area (Å²) in [4.78, 5) is 9.35. The molecule has 0 spiro atoms. The minimum absolute atomic E-state index is 0.00778. The maximum absolute atomic E-state index is 8.71. The summed E-state index contributed by atoms with van der Waals surface area (Å²) >= 11 is 0. The van der Waals surface area contributed by atoms with Crippen molar-refractivity contribution in [2.24, 2.45) is 5.92 Å². The third kappa shape index (κ3) is 6.60. The standard InChI is InChI=1S/C43H45N5O/c1-29(2)21-30-15-17-45-41(22-30)48-38-12-10-9-11-36(38)37-14-13-34(26-39(37)48)49-35-16-18-44-40(27-35)47-20-19-46(28-47)33-24-31(42(3,4)5)23-32(25-33)43(6,7)8/h9-20,22-27,29H,21H2,1-8H3/i21D2. The fraction of sp³-hybridized carbons (Fsp3) is 0.279. The van der Waals surface area contributed by atoms with Crippen LogP contribution in [0.3, 0.4) is 0 Å². The van der Waals surface area contributed by atoms with Gasteiger partial charge in [-0.1, -0.05) is 79.7 Å². The van der Waals surface area contributed by atoms with Gasteiger partial charge < -0.3 is 4.74 Å². The molecule has 0 atom stereocenters. The van der Waals surface area contributed by atoms with Crippen LogP contribution in [0.15, 0.2) is 110 Å². The van der Waals surface area contributed by atoms with E-state index >= 15 is 0 Å². The smallest absolute Gasteiger partial charge is 0.270 e. The zero-order valence-electron chi connectivity index (χ0n) is 31.6. The number of para-hydroxylation sites is 1. The lowest BCUT2D eigenvalue weighted by Gasteiger charge is -2.26. The molecule has 0 radical (unpaired) electrons. The molecule has 0 aliphatic carbocycles. The van der Waals surface area contributed by atoms with Crippen molar-refractivity contribution in [2.75, 3.05) is 0 Å². The van der Waals surface area contributed by atoms with E-state index in [2.05, 4.69) is 93.8 Å². The van der Waals surface area contributed by atoms with Crippen LogP contribution in [0.2, 0.25) is 0 Å². The Balaban J connectivity index is 1.23. The summed E-state index contributed by atoms with van der Waals surface area (Å²) < 4.78 is 29.9. The Morgan fingerprint density at radius 3 is 2.16 bits per heavy atom. The minimum Gasteiger partial charge on any atom is -0.458 e. The van der Waals surface area contributed by atoms with Crippen molar-refractivity contribution in [1.29, 1.82) is 0 Å². The largest absolute Gasteiger partial charge is 0.458 e. The predicted molar refractivity (Wildman–Crippen MR) is 199 cm³/mol. The first-order chi connectivity index (χ1) is 24.1. The molecule has 248 valence electrons. The molecule has 0 saturated carbocycles. The van der Waals surface area contributed by atoms with Gasteiger partial charge in [-0.05, 0) is 88.3 Å². The van der Waals surface area contributed by atoms with Crippen molar-refractivity contribution < 1.29 is 12.0 Å². The number of hydrogen-bond acceptors (Lipinski definition) is 3. The van der Waals surface area contributed by atoms with Crippen molar-refractivity contribution in [1.82, 2.24) is 19.1 Å². The summed E-state index contributed by atoms with van der Waals surface area (Å²) in [5, 5.41) is 2.15. The number of benzene rings is 3. The molecule has 49 heavy (non-hydrogen) atoms. The van der Waals surface area contributed by atoms with E-state index in [1.807, 2.05) is 77.8 Å². The molecule has 7 rings (SSSR count). The summed E-state index contributed by atoms with van der Waals surface area (Å²) in [6, 6.07) is 28.5. The van der Waals surface area contributed by atoms with Crippen LogP contribution in [0, 0.1) is 12.2 Å². The van der Waals surface area contributed by atoms with E-state index in [0.29, 0.717) is 28.7 Å². The van der Waals surface area contributed by atoms with Crippen molar-refractivity contribution in [3.8, 4) is 28.8 Å². The van der Waals surface area contributed by atoms with Gasteiger partial charge in [0.15, 0.2) is 5.82 Å².